The third-order valence-corrected chi connectivity index (χ3v) is 3.79. The van der Waals surface area contributed by atoms with Gasteiger partial charge in [-0.15, -0.1) is 0 Å². The van der Waals surface area contributed by atoms with Crippen molar-refractivity contribution in [3.63, 3.8) is 0 Å². The van der Waals surface area contributed by atoms with Gasteiger partial charge in [-0.1, -0.05) is 61.8 Å². The summed E-state index contributed by atoms with van der Waals surface area (Å²) in [7, 11) is 0. The SMILES string of the molecule is Cc1cccc(-c2noc(-c3ccccc3NC(=O)C(C)(C)C)n2)c1. The number of amides is 1. The van der Waals surface area contributed by atoms with E-state index in [1.54, 1.807) is 0 Å². The lowest BCUT2D eigenvalue weighted by atomic mass is 9.95. The zero-order valence-corrected chi connectivity index (χ0v) is 14.8. The average molecular weight is 335 g/mol. The maximum absolute atomic E-state index is 12.3. The molecule has 0 aliphatic heterocycles. The molecule has 0 atom stereocenters. The van der Waals surface area contributed by atoms with Gasteiger partial charge in [0.2, 0.25) is 11.7 Å². The van der Waals surface area contributed by atoms with Crippen molar-refractivity contribution in [2.45, 2.75) is 27.7 Å². The van der Waals surface area contributed by atoms with E-state index in [1.165, 1.54) is 0 Å². The highest BCUT2D eigenvalue weighted by Crippen LogP contribution is 2.29. The van der Waals surface area contributed by atoms with Crippen molar-refractivity contribution >= 4 is 11.6 Å². The van der Waals surface area contributed by atoms with Crippen LogP contribution in [0.4, 0.5) is 5.69 Å². The number of aryl methyl sites for hydroxylation is 1. The number of benzene rings is 2. The monoisotopic (exact) mass is 335 g/mol. The molecule has 0 bridgehead atoms. The Labute approximate surface area is 147 Å². The molecule has 1 aromatic heterocycles. The van der Waals surface area contributed by atoms with Crippen LogP contribution in [-0.4, -0.2) is 16.0 Å². The Morgan fingerprint density at radius 2 is 1.84 bits per heavy atom. The van der Waals surface area contributed by atoms with Gasteiger partial charge in [-0.2, -0.15) is 4.98 Å². The van der Waals surface area contributed by atoms with E-state index >= 15 is 0 Å². The quantitative estimate of drug-likeness (QED) is 0.753. The van der Waals surface area contributed by atoms with E-state index in [9.17, 15) is 4.79 Å². The van der Waals surface area contributed by atoms with Crippen molar-refractivity contribution in [2.24, 2.45) is 5.41 Å². The fourth-order valence-corrected chi connectivity index (χ4v) is 2.32. The molecule has 5 heteroatoms. The van der Waals surface area contributed by atoms with E-state index in [4.69, 9.17) is 4.52 Å². The summed E-state index contributed by atoms with van der Waals surface area (Å²) in [6.07, 6.45) is 0. The molecule has 0 aliphatic rings. The summed E-state index contributed by atoms with van der Waals surface area (Å²) in [4.78, 5) is 16.8. The molecule has 25 heavy (non-hydrogen) atoms. The molecule has 3 aromatic rings. The zero-order valence-electron chi connectivity index (χ0n) is 14.8. The Kier molecular flexibility index (Phi) is 4.40. The smallest absolute Gasteiger partial charge is 0.260 e. The van der Waals surface area contributed by atoms with Gasteiger partial charge in [-0.3, -0.25) is 4.79 Å². The van der Waals surface area contributed by atoms with Crippen LogP contribution in [-0.2, 0) is 4.79 Å². The number of carbonyl (C=O) groups is 1. The first-order valence-electron chi connectivity index (χ1n) is 8.16. The van der Waals surface area contributed by atoms with Gasteiger partial charge < -0.3 is 9.84 Å². The Bertz CT molecular complexity index is 907. The molecule has 0 radical (unpaired) electrons. The van der Waals surface area contributed by atoms with Crippen LogP contribution in [0.3, 0.4) is 0 Å². The van der Waals surface area contributed by atoms with Crippen LogP contribution in [0.25, 0.3) is 22.8 Å². The molecular weight excluding hydrogens is 314 g/mol. The molecule has 0 spiro atoms. The van der Waals surface area contributed by atoms with Crippen LogP contribution < -0.4 is 5.32 Å². The molecule has 1 amide bonds. The molecule has 0 unspecified atom stereocenters. The minimum Gasteiger partial charge on any atom is -0.334 e. The summed E-state index contributed by atoms with van der Waals surface area (Å²) in [5.74, 6) is 0.829. The Morgan fingerprint density at radius 1 is 1.08 bits per heavy atom. The van der Waals surface area contributed by atoms with E-state index in [-0.39, 0.29) is 5.91 Å². The second-order valence-corrected chi connectivity index (χ2v) is 7.04. The molecule has 0 fully saturated rings. The molecule has 3 rings (SSSR count). The highest BCUT2D eigenvalue weighted by Gasteiger charge is 2.23. The lowest BCUT2D eigenvalue weighted by molar-refractivity contribution is -0.123. The summed E-state index contributed by atoms with van der Waals surface area (Å²) in [5, 5.41) is 7.01. The number of hydrogen-bond acceptors (Lipinski definition) is 4. The molecule has 2 aromatic carbocycles. The van der Waals surface area contributed by atoms with E-state index < -0.39 is 5.41 Å². The van der Waals surface area contributed by atoms with Gasteiger partial charge in [-0.25, -0.2) is 0 Å². The lowest BCUT2D eigenvalue weighted by Gasteiger charge is -2.18. The number of rotatable bonds is 3. The maximum Gasteiger partial charge on any atom is 0.260 e. The molecule has 1 heterocycles. The van der Waals surface area contributed by atoms with Crippen LogP contribution >= 0.6 is 0 Å². The average Bonchev–Trinajstić information content (AvgIpc) is 3.04. The van der Waals surface area contributed by atoms with Crippen molar-refractivity contribution in [3.8, 4) is 22.8 Å². The van der Waals surface area contributed by atoms with Gasteiger partial charge >= 0.3 is 0 Å². The third-order valence-electron chi connectivity index (χ3n) is 3.79. The first kappa shape index (κ1) is 16.9. The maximum atomic E-state index is 12.3. The van der Waals surface area contributed by atoms with Gasteiger partial charge in [0, 0.05) is 11.0 Å². The predicted octanol–water partition coefficient (Wildman–Crippen LogP) is 4.70. The normalized spacial score (nSPS) is 11.4. The third kappa shape index (κ3) is 3.76. The van der Waals surface area contributed by atoms with Crippen molar-refractivity contribution in [1.82, 2.24) is 10.1 Å². The summed E-state index contributed by atoms with van der Waals surface area (Å²) in [6.45, 7) is 7.62. The van der Waals surface area contributed by atoms with Crippen LogP contribution in [0.5, 0.6) is 0 Å². The highest BCUT2D eigenvalue weighted by atomic mass is 16.5. The number of carbonyl (C=O) groups excluding carboxylic acids is 1. The molecular formula is C20H21N3O2. The van der Waals surface area contributed by atoms with E-state index in [0.717, 1.165) is 11.1 Å². The number of aromatic nitrogens is 2. The fraction of sp³-hybridized carbons (Fsp3) is 0.250. The summed E-state index contributed by atoms with van der Waals surface area (Å²) < 4.78 is 5.44. The minimum atomic E-state index is -0.491. The Balaban J connectivity index is 1.94. The fourth-order valence-electron chi connectivity index (χ4n) is 2.32. The molecule has 5 nitrogen and oxygen atoms in total. The first-order chi connectivity index (χ1) is 11.8. The van der Waals surface area contributed by atoms with E-state index in [1.807, 2.05) is 76.2 Å². The van der Waals surface area contributed by atoms with Crippen LogP contribution in [0.1, 0.15) is 26.3 Å². The molecule has 0 saturated heterocycles. The van der Waals surface area contributed by atoms with Crippen molar-refractivity contribution in [1.29, 1.82) is 0 Å². The topological polar surface area (TPSA) is 68.0 Å². The van der Waals surface area contributed by atoms with Crippen molar-refractivity contribution in [3.05, 3.63) is 54.1 Å². The largest absolute Gasteiger partial charge is 0.334 e. The van der Waals surface area contributed by atoms with Gasteiger partial charge in [0.05, 0.1) is 11.3 Å². The zero-order chi connectivity index (χ0) is 18.0. The molecule has 128 valence electrons. The van der Waals surface area contributed by atoms with Crippen molar-refractivity contribution < 1.29 is 9.32 Å². The molecule has 1 N–H and O–H groups in total. The standard InChI is InChI=1S/C20H21N3O2/c1-13-8-7-9-14(12-13)17-22-18(25-23-17)15-10-5-6-11-16(15)21-19(24)20(2,3)4/h5-12H,1-4H3,(H,21,24). The summed E-state index contributed by atoms with van der Waals surface area (Å²) >= 11 is 0. The van der Waals surface area contributed by atoms with Gasteiger partial charge in [0.25, 0.3) is 5.89 Å². The molecule has 0 saturated carbocycles. The van der Waals surface area contributed by atoms with E-state index in [0.29, 0.717) is 23.0 Å². The highest BCUT2D eigenvalue weighted by molar-refractivity contribution is 5.97. The number of nitrogens with one attached hydrogen (secondary N) is 1. The number of anilines is 1. The van der Waals surface area contributed by atoms with Gasteiger partial charge in [-0.05, 0) is 25.1 Å². The van der Waals surface area contributed by atoms with Gasteiger partial charge in [0.15, 0.2) is 0 Å². The van der Waals surface area contributed by atoms with Crippen LogP contribution in [0.2, 0.25) is 0 Å². The Hall–Kier alpha value is -2.95. The number of hydrogen-bond donors (Lipinski definition) is 1. The van der Waals surface area contributed by atoms with Crippen LogP contribution in [0, 0.1) is 12.3 Å². The minimum absolute atomic E-state index is 0.0710. The number of nitrogens with zero attached hydrogens (tertiary/aromatic N) is 2. The molecule has 0 aliphatic carbocycles. The predicted molar refractivity (Wildman–Crippen MR) is 98.0 cm³/mol. The Morgan fingerprint density at radius 3 is 2.56 bits per heavy atom. The van der Waals surface area contributed by atoms with Crippen LogP contribution in [0.15, 0.2) is 53.1 Å². The first-order valence-corrected chi connectivity index (χ1v) is 8.16. The van der Waals surface area contributed by atoms with Crippen molar-refractivity contribution in [2.75, 3.05) is 5.32 Å². The summed E-state index contributed by atoms with van der Waals surface area (Å²) in [5.41, 5.74) is 2.88. The van der Waals surface area contributed by atoms with E-state index in [2.05, 4.69) is 15.5 Å². The lowest BCUT2D eigenvalue weighted by Crippen LogP contribution is -2.27. The summed E-state index contributed by atoms with van der Waals surface area (Å²) in [6, 6.07) is 15.3. The second-order valence-electron chi connectivity index (χ2n) is 7.04. The number of para-hydroxylation sites is 1. The second kappa shape index (κ2) is 6.51. The van der Waals surface area contributed by atoms with Gasteiger partial charge in [0.1, 0.15) is 0 Å².